The number of sulfonamides is 1. The van der Waals surface area contributed by atoms with E-state index in [1.807, 2.05) is 32.0 Å². The van der Waals surface area contributed by atoms with E-state index in [-0.39, 0.29) is 22.1 Å². The van der Waals surface area contributed by atoms with E-state index in [4.69, 9.17) is 9.72 Å². The van der Waals surface area contributed by atoms with E-state index in [2.05, 4.69) is 31.9 Å². The second kappa shape index (κ2) is 12.5. The molecule has 1 saturated heterocycles. The minimum absolute atomic E-state index is 0.0320. The standard InChI is InChI=1S/C28H36N8O4S/c1-4-7-16-40-28-22(17-21(18-30-28)41(38,39)35-14-12-34(6-3)13-15-35)26-31-24-23(5-2)36(33-25(24)27(37)32-26)19-20-10-8-9-11-29-20/h8-11,17-18H,4-7,12-16,19H2,1-3H3,(H,31,32,37). The summed E-state index contributed by atoms with van der Waals surface area (Å²) in [7, 11) is -3.82. The molecule has 5 rings (SSSR count). The van der Waals surface area contributed by atoms with E-state index >= 15 is 0 Å². The zero-order valence-corrected chi connectivity index (χ0v) is 24.5. The zero-order valence-electron chi connectivity index (χ0n) is 23.7. The fraction of sp³-hybridized carbons (Fsp3) is 0.464. The van der Waals surface area contributed by atoms with Crippen molar-refractivity contribution in [1.29, 1.82) is 0 Å². The summed E-state index contributed by atoms with van der Waals surface area (Å²) < 4.78 is 36.4. The Morgan fingerprint density at radius 1 is 1.05 bits per heavy atom. The summed E-state index contributed by atoms with van der Waals surface area (Å²) in [6.07, 6.45) is 5.33. The topological polar surface area (TPSA) is 139 Å². The van der Waals surface area contributed by atoms with E-state index in [0.29, 0.717) is 56.8 Å². The Labute approximate surface area is 239 Å². The van der Waals surface area contributed by atoms with Crippen LogP contribution < -0.4 is 10.3 Å². The minimum atomic E-state index is -3.82. The smallest absolute Gasteiger partial charge is 0.279 e. The van der Waals surface area contributed by atoms with Gasteiger partial charge in [-0.1, -0.05) is 33.3 Å². The first kappa shape index (κ1) is 28.8. The van der Waals surface area contributed by atoms with Gasteiger partial charge in [-0.15, -0.1) is 0 Å². The number of ether oxygens (including phenoxy) is 1. The van der Waals surface area contributed by atoms with Crippen molar-refractivity contribution >= 4 is 21.1 Å². The number of H-pyrrole nitrogens is 1. The molecule has 0 aromatic carbocycles. The molecule has 1 aliphatic heterocycles. The molecule has 4 aromatic rings. The average molecular weight is 581 g/mol. The van der Waals surface area contributed by atoms with Crippen molar-refractivity contribution in [2.75, 3.05) is 39.3 Å². The van der Waals surface area contributed by atoms with Gasteiger partial charge in [0.25, 0.3) is 5.56 Å². The Morgan fingerprint density at radius 3 is 2.54 bits per heavy atom. The fourth-order valence-corrected chi connectivity index (χ4v) is 6.32. The van der Waals surface area contributed by atoms with Gasteiger partial charge in [0.15, 0.2) is 5.52 Å². The Bertz CT molecular complexity index is 1660. The number of aryl methyl sites for hydroxylation is 1. The third kappa shape index (κ3) is 6.02. The van der Waals surface area contributed by atoms with Gasteiger partial charge in [0.05, 0.1) is 36.3 Å². The van der Waals surface area contributed by atoms with Gasteiger partial charge in [-0.3, -0.25) is 14.5 Å². The predicted octanol–water partition coefficient (Wildman–Crippen LogP) is 2.69. The van der Waals surface area contributed by atoms with E-state index in [1.165, 1.54) is 16.6 Å². The molecule has 0 unspecified atom stereocenters. The third-order valence-electron chi connectivity index (χ3n) is 7.31. The molecule has 0 amide bonds. The number of pyridine rings is 2. The molecule has 0 aliphatic carbocycles. The van der Waals surface area contributed by atoms with Crippen LogP contribution in [0.1, 0.15) is 45.0 Å². The molecule has 0 atom stereocenters. The highest BCUT2D eigenvalue weighted by Crippen LogP contribution is 2.30. The van der Waals surface area contributed by atoms with Crippen molar-refractivity contribution < 1.29 is 13.2 Å². The molecule has 5 heterocycles. The molecule has 41 heavy (non-hydrogen) atoms. The van der Waals surface area contributed by atoms with Crippen molar-refractivity contribution in [3.8, 4) is 17.3 Å². The lowest BCUT2D eigenvalue weighted by atomic mass is 10.2. The van der Waals surface area contributed by atoms with Crippen LogP contribution in [0.5, 0.6) is 5.88 Å². The molecule has 1 fully saturated rings. The summed E-state index contributed by atoms with van der Waals surface area (Å²) in [6, 6.07) is 7.15. The summed E-state index contributed by atoms with van der Waals surface area (Å²) in [4.78, 5) is 31.9. The fourth-order valence-electron chi connectivity index (χ4n) is 4.92. The number of aromatic amines is 1. The molecular weight excluding hydrogens is 544 g/mol. The first-order valence-electron chi connectivity index (χ1n) is 14.1. The number of aromatic nitrogens is 6. The molecule has 0 saturated carbocycles. The average Bonchev–Trinajstić information content (AvgIpc) is 3.35. The number of likely N-dealkylation sites (N-methyl/N-ethyl adjacent to an activating group) is 1. The molecule has 0 spiro atoms. The second-order valence-corrected chi connectivity index (χ2v) is 11.9. The molecule has 4 aromatic heterocycles. The van der Waals surface area contributed by atoms with Crippen LogP contribution in [-0.4, -0.2) is 86.7 Å². The molecule has 12 nitrogen and oxygen atoms in total. The van der Waals surface area contributed by atoms with Gasteiger partial charge in [-0.05, 0) is 37.6 Å². The van der Waals surface area contributed by atoms with Crippen molar-refractivity contribution in [2.24, 2.45) is 0 Å². The molecular formula is C28H36N8O4S. The highest BCUT2D eigenvalue weighted by atomic mass is 32.2. The van der Waals surface area contributed by atoms with Gasteiger partial charge in [-0.2, -0.15) is 9.40 Å². The zero-order chi connectivity index (χ0) is 29.0. The number of fused-ring (bicyclic) bond motifs is 1. The molecule has 13 heteroatoms. The van der Waals surface area contributed by atoms with Gasteiger partial charge in [-0.25, -0.2) is 18.4 Å². The van der Waals surface area contributed by atoms with Gasteiger partial charge in [0.1, 0.15) is 16.2 Å². The molecule has 0 radical (unpaired) electrons. The van der Waals surface area contributed by atoms with Crippen LogP contribution >= 0.6 is 0 Å². The van der Waals surface area contributed by atoms with Crippen LogP contribution in [0.2, 0.25) is 0 Å². The number of rotatable bonds is 11. The summed E-state index contributed by atoms with van der Waals surface area (Å²) in [6.45, 7) is 9.89. The number of hydrogen-bond acceptors (Lipinski definition) is 9. The highest BCUT2D eigenvalue weighted by Gasteiger charge is 2.30. The largest absolute Gasteiger partial charge is 0.477 e. The second-order valence-electron chi connectivity index (χ2n) is 9.95. The highest BCUT2D eigenvalue weighted by molar-refractivity contribution is 7.89. The van der Waals surface area contributed by atoms with Gasteiger partial charge in [0, 0.05) is 32.4 Å². The van der Waals surface area contributed by atoms with Crippen LogP contribution in [0.25, 0.3) is 22.4 Å². The van der Waals surface area contributed by atoms with Gasteiger partial charge in [0.2, 0.25) is 15.9 Å². The maximum absolute atomic E-state index is 13.6. The van der Waals surface area contributed by atoms with Crippen molar-refractivity contribution in [3.63, 3.8) is 0 Å². The van der Waals surface area contributed by atoms with Gasteiger partial charge >= 0.3 is 0 Å². The maximum atomic E-state index is 13.6. The van der Waals surface area contributed by atoms with E-state index in [9.17, 15) is 13.2 Å². The molecule has 1 N–H and O–H groups in total. The number of nitrogens with one attached hydrogen (secondary N) is 1. The lowest BCUT2D eigenvalue weighted by Crippen LogP contribution is -2.48. The predicted molar refractivity (Wildman–Crippen MR) is 155 cm³/mol. The Kier molecular flexibility index (Phi) is 8.76. The molecule has 0 bridgehead atoms. The maximum Gasteiger partial charge on any atom is 0.279 e. The van der Waals surface area contributed by atoms with Crippen molar-refractivity contribution in [3.05, 3.63) is 58.4 Å². The number of hydrogen-bond donors (Lipinski definition) is 1. The lowest BCUT2D eigenvalue weighted by Gasteiger charge is -2.33. The van der Waals surface area contributed by atoms with Crippen LogP contribution in [-0.2, 0) is 23.0 Å². The van der Waals surface area contributed by atoms with Crippen LogP contribution in [0, 0.1) is 0 Å². The Morgan fingerprint density at radius 2 is 1.85 bits per heavy atom. The van der Waals surface area contributed by atoms with E-state index in [1.54, 1.807) is 10.9 Å². The van der Waals surface area contributed by atoms with E-state index < -0.39 is 15.6 Å². The summed E-state index contributed by atoms with van der Waals surface area (Å²) in [5, 5.41) is 4.54. The summed E-state index contributed by atoms with van der Waals surface area (Å²) in [5.74, 6) is 0.399. The minimum Gasteiger partial charge on any atom is -0.477 e. The van der Waals surface area contributed by atoms with Crippen LogP contribution in [0.3, 0.4) is 0 Å². The number of piperazine rings is 1. The van der Waals surface area contributed by atoms with Crippen molar-refractivity contribution in [1.82, 2.24) is 38.9 Å². The van der Waals surface area contributed by atoms with Crippen LogP contribution in [0.15, 0.2) is 46.3 Å². The Hall–Kier alpha value is -3.68. The molecule has 1 aliphatic rings. The monoisotopic (exact) mass is 580 g/mol. The normalized spacial score (nSPS) is 15.0. The van der Waals surface area contributed by atoms with Crippen LogP contribution in [0.4, 0.5) is 0 Å². The number of unbranched alkanes of at least 4 members (excludes halogenated alkanes) is 1. The first-order chi connectivity index (χ1) is 19.8. The van der Waals surface area contributed by atoms with E-state index in [0.717, 1.165) is 30.8 Å². The van der Waals surface area contributed by atoms with Gasteiger partial charge < -0.3 is 14.6 Å². The molecule has 218 valence electrons. The lowest BCUT2D eigenvalue weighted by molar-refractivity contribution is 0.196. The Balaban J connectivity index is 1.58. The first-order valence-corrected chi connectivity index (χ1v) is 15.5. The summed E-state index contributed by atoms with van der Waals surface area (Å²) >= 11 is 0. The number of nitrogens with zero attached hydrogens (tertiary/aromatic N) is 7. The summed E-state index contributed by atoms with van der Waals surface area (Å²) in [5.41, 5.74) is 2.12. The third-order valence-corrected chi connectivity index (χ3v) is 9.17. The quantitative estimate of drug-likeness (QED) is 0.265. The van der Waals surface area contributed by atoms with Crippen molar-refractivity contribution in [2.45, 2.75) is 51.5 Å². The SMILES string of the molecule is CCCCOc1ncc(S(=O)(=O)N2CCN(CC)CC2)cc1-c1nc2c(CC)n(Cc3ccccn3)nc2c(=O)[nH]1.